The Labute approximate surface area is 153 Å². The molecule has 0 fully saturated rings. The highest BCUT2D eigenvalue weighted by molar-refractivity contribution is 5.94. The molecule has 2 aromatic carbocycles. The van der Waals surface area contributed by atoms with Crippen molar-refractivity contribution in [3.05, 3.63) is 86.2 Å². The molecule has 1 aliphatic rings. The number of nitrogens with zero attached hydrogens (tertiary/aromatic N) is 2. The fourth-order valence-electron chi connectivity index (χ4n) is 3.24. The first-order valence-corrected chi connectivity index (χ1v) is 8.27. The SMILES string of the molecule is O=C1CC(c2cccc([N+](=O)[O-])c2)c2c(nc(-c3ccccc3)[nH]c2=O)N1. The predicted octanol–water partition coefficient (Wildman–Crippen LogP) is 2.82. The van der Waals surface area contributed by atoms with Gasteiger partial charge in [-0.15, -0.1) is 0 Å². The number of rotatable bonds is 3. The Hall–Kier alpha value is -3.81. The Morgan fingerprint density at radius 3 is 2.59 bits per heavy atom. The molecule has 8 nitrogen and oxygen atoms in total. The first-order chi connectivity index (χ1) is 13.0. The molecule has 27 heavy (non-hydrogen) atoms. The number of nitrogens with one attached hydrogen (secondary N) is 2. The number of aromatic amines is 1. The molecule has 1 unspecified atom stereocenters. The minimum absolute atomic E-state index is 0.0175. The maximum absolute atomic E-state index is 12.8. The molecule has 4 rings (SSSR count). The van der Waals surface area contributed by atoms with Crippen molar-refractivity contribution in [1.29, 1.82) is 0 Å². The van der Waals surface area contributed by atoms with Crippen molar-refractivity contribution in [3.63, 3.8) is 0 Å². The van der Waals surface area contributed by atoms with Gasteiger partial charge in [0.05, 0.1) is 10.5 Å². The van der Waals surface area contributed by atoms with Gasteiger partial charge in [-0.1, -0.05) is 42.5 Å². The van der Waals surface area contributed by atoms with Gasteiger partial charge < -0.3 is 10.3 Å². The summed E-state index contributed by atoms with van der Waals surface area (Å²) in [6.45, 7) is 0. The van der Waals surface area contributed by atoms with Gasteiger partial charge in [-0.05, 0) is 5.56 Å². The van der Waals surface area contributed by atoms with E-state index in [2.05, 4.69) is 15.3 Å². The first-order valence-electron chi connectivity index (χ1n) is 8.27. The summed E-state index contributed by atoms with van der Waals surface area (Å²) in [5.74, 6) is -0.365. The number of carbonyl (C=O) groups is 1. The summed E-state index contributed by atoms with van der Waals surface area (Å²) in [4.78, 5) is 42.7. The second-order valence-electron chi connectivity index (χ2n) is 6.20. The highest BCUT2D eigenvalue weighted by Crippen LogP contribution is 2.35. The van der Waals surface area contributed by atoms with Gasteiger partial charge in [-0.2, -0.15) is 0 Å². The number of amides is 1. The first kappa shape index (κ1) is 16.6. The Morgan fingerprint density at radius 1 is 1.07 bits per heavy atom. The fourth-order valence-corrected chi connectivity index (χ4v) is 3.24. The monoisotopic (exact) mass is 362 g/mol. The molecule has 0 saturated carbocycles. The summed E-state index contributed by atoms with van der Waals surface area (Å²) < 4.78 is 0. The summed E-state index contributed by atoms with van der Waals surface area (Å²) in [7, 11) is 0. The summed E-state index contributed by atoms with van der Waals surface area (Å²) in [6, 6.07) is 15.1. The second-order valence-corrected chi connectivity index (χ2v) is 6.20. The average Bonchev–Trinajstić information content (AvgIpc) is 2.67. The van der Waals surface area contributed by atoms with Crippen LogP contribution in [0.2, 0.25) is 0 Å². The lowest BCUT2D eigenvalue weighted by Crippen LogP contribution is -2.31. The van der Waals surface area contributed by atoms with E-state index in [1.807, 2.05) is 18.2 Å². The van der Waals surface area contributed by atoms with Crippen LogP contribution in [0.1, 0.15) is 23.5 Å². The minimum atomic E-state index is -0.602. The van der Waals surface area contributed by atoms with Crippen LogP contribution in [0.25, 0.3) is 11.4 Å². The van der Waals surface area contributed by atoms with Gasteiger partial charge in [0.2, 0.25) is 5.91 Å². The van der Waals surface area contributed by atoms with Crippen molar-refractivity contribution in [2.24, 2.45) is 0 Å². The van der Waals surface area contributed by atoms with Gasteiger partial charge in [0, 0.05) is 30.0 Å². The zero-order valence-electron chi connectivity index (χ0n) is 14.0. The Morgan fingerprint density at radius 2 is 1.85 bits per heavy atom. The van der Waals surface area contributed by atoms with Crippen molar-refractivity contribution in [2.45, 2.75) is 12.3 Å². The molecule has 0 radical (unpaired) electrons. The lowest BCUT2D eigenvalue weighted by atomic mass is 9.86. The van der Waals surface area contributed by atoms with Gasteiger partial charge in [-0.3, -0.25) is 19.7 Å². The van der Waals surface area contributed by atoms with Gasteiger partial charge in [0.15, 0.2) is 0 Å². The Kier molecular flexibility index (Phi) is 4.00. The molecule has 8 heteroatoms. The molecule has 1 aromatic heterocycles. The predicted molar refractivity (Wildman–Crippen MR) is 98.5 cm³/mol. The van der Waals surface area contributed by atoms with Crippen molar-refractivity contribution >= 4 is 17.4 Å². The molecule has 0 saturated heterocycles. The third-order valence-electron chi connectivity index (χ3n) is 4.48. The zero-order valence-corrected chi connectivity index (χ0v) is 14.0. The molecule has 1 amide bonds. The largest absolute Gasteiger partial charge is 0.310 e. The van der Waals surface area contributed by atoms with Crippen LogP contribution in [-0.4, -0.2) is 20.8 Å². The molecule has 0 bridgehead atoms. The van der Waals surface area contributed by atoms with Crippen LogP contribution in [0.3, 0.4) is 0 Å². The molecular formula is C19H14N4O4. The number of nitro benzene ring substituents is 1. The van der Waals surface area contributed by atoms with E-state index in [4.69, 9.17) is 0 Å². The summed E-state index contributed by atoms with van der Waals surface area (Å²) in [5, 5.41) is 13.7. The topological polar surface area (TPSA) is 118 Å². The third kappa shape index (κ3) is 3.08. The number of non-ortho nitro benzene ring substituents is 1. The fraction of sp³-hybridized carbons (Fsp3) is 0.105. The number of hydrogen-bond donors (Lipinski definition) is 2. The minimum Gasteiger partial charge on any atom is -0.310 e. The smallest absolute Gasteiger partial charge is 0.269 e. The van der Waals surface area contributed by atoms with E-state index in [-0.39, 0.29) is 29.4 Å². The second kappa shape index (κ2) is 6.49. The number of nitro groups is 1. The molecule has 3 aromatic rings. The lowest BCUT2D eigenvalue weighted by Gasteiger charge is -2.24. The van der Waals surface area contributed by atoms with E-state index in [1.165, 1.54) is 12.1 Å². The number of fused-ring (bicyclic) bond motifs is 1. The van der Waals surface area contributed by atoms with Crippen LogP contribution in [0, 0.1) is 10.1 Å². The van der Waals surface area contributed by atoms with Gasteiger partial charge >= 0.3 is 0 Å². The van der Waals surface area contributed by atoms with Crippen LogP contribution in [-0.2, 0) is 4.79 Å². The Balaban J connectivity index is 1.85. The highest BCUT2D eigenvalue weighted by Gasteiger charge is 2.31. The van der Waals surface area contributed by atoms with Crippen molar-refractivity contribution in [3.8, 4) is 11.4 Å². The third-order valence-corrected chi connectivity index (χ3v) is 4.48. The molecule has 2 N–H and O–H groups in total. The zero-order chi connectivity index (χ0) is 19.0. The normalized spacial score (nSPS) is 15.7. The molecule has 1 aliphatic heterocycles. The van der Waals surface area contributed by atoms with Crippen LogP contribution < -0.4 is 10.9 Å². The van der Waals surface area contributed by atoms with E-state index >= 15 is 0 Å². The van der Waals surface area contributed by atoms with E-state index in [0.717, 1.165) is 0 Å². The quantitative estimate of drug-likeness (QED) is 0.549. The van der Waals surface area contributed by atoms with Crippen LogP contribution >= 0.6 is 0 Å². The molecule has 0 spiro atoms. The summed E-state index contributed by atoms with van der Waals surface area (Å²) >= 11 is 0. The Bertz CT molecular complexity index is 1110. The standard InChI is InChI=1S/C19H14N4O4/c24-15-10-14(12-7-4-8-13(9-12)23(26)27)16-18(20-15)21-17(22-19(16)25)11-5-2-1-3-6-11/h1-9,14H,10H2,(H2,20,21,22,24,25). The number of aromatic nitrogens is 2. The van der Waals surface area contributed by atoms with Crippen LogP contribution in [0.5, 0.6) is 0 Å². The maximum atomic E-state index is 12.8. The average molecular weight is 362 g/mol. The highest BCUT2D eigenvalue weighted by atomic mass is 16.6. The van der Waals surface area contributed by atoms with Crippen molar-refractivity contribution in [1.82, 2.24) is 9.97 Å². The number of anilines is 1. The van der Waals surface area contributed by atoms with Crippen LogP contribution in [0.4, 0.5) is 11.5 Å². The summed E-state index contributed by atoms with van der Waals surface area (Å²) in [6.07, 6.45) is 0.0175. The number of benzene rings is 2. The van der Waals surface area contributed by atoms with Gasteiger partial charge in [0.25, 0.3) is 11.2 Å². The van der Waals surface area contributed by atoms with E-state index in [1.54, 1.807) is 24.3 Å². The summed E-state index contributed by atoms with van der Waals surface area (Å²) in [5.41, 5.74) is 1.07. The van der Waals surface area contributed by atoms with E-state index in [9.17, 15) is 19.7 Å². The van der Waals surface area contributed by atoms with Crippen LogP contribution in [0.15, 0.2) is 59.4 Å². The lowest BCUT2D eigenvalue weighted by molar-refractivity contribution is -0.384. The maximum Gasteiger partial charge on any atom is 0.269 e. The molecule has 1 atom stereocenters. The van der Waals surface area contributed by atoms with Gasteiger partial charge in [-0.25, -0.2) is 4.98 Å². The van der Waals surface area contributed by atoms with Crippen molar-refractivity contribution in [2.75, 3.05) is 5.32 Å². The van der Waals surface area contributed by atoms with Gasteiger partial charge in [0.1, 0.15) is 11.6 Å². The van der Waals surface area contributed by atoms with E-state index < -0.39 is 10.8 Å². The number of carbonyl (C=O) groups excluding carboxylic acids is 1. The number of H-pyrrole nitrogens is 1. The molecular weight excluding hydrogens is 348 g/mol. The molecule has 2 heterocycles. The van der Waals surface area contributed by atoms with E-state index in [0.29, 0.717) is 22.5 Å². The molecule has 134 valence electrons. The van der Waals surface area contributed by atoms with Crippen molar-refractivity contribution < 1.29 is 9.72 Å². The molecule has 0 aliphatic carbocycles. The number of hydrogen-bond acceptors (Lipinski definition) is 5.